The van der Waals surface area contributed by atoms with Crippen LogP contribution in [0, 0.1) is 20.8 Å². The summed E-state index contributed by atoms with van der Waals surface area (Å²) in [6.45, 7) is 11.2. The molecule has 1 aromatic rings. The number of benzene rings is 1. The first-order valence-corrected chi connectivity index (χ1v) is 6.31. The van der Waals surface area contributed by atoms with E-state index < -0.39 is 0 Å². The lowest BCUT2D eigenvalue weighted by Crippen LogP contribution is -2.16. The molecule has 1 aromatic carbocycles. The van der Waals surface area contributed by atoms with E-state index in [1.54, 1.807) is 0 Å². The highest BCUT2D eigenvalue weighted by atomic mass is 15.1. The van der Waals surface area contributed by atoms with Crippen molar-refractivity contribution < 1.29 is 0 Å². The summed E-state index contributed by atoms with van der Waals surface area (Å²) in [6.07, 6.45) is 0. The fourth-order valence-corrected chi connectivity index (χ4v) is 2.88. The summed E-state index contributed by atoms with van der Waals surface area (Å²) >= 11 is 0. The van der Waals surface area contributed by atoms with Crippen LogP contribution in [0.3, 0.4) is 0 Å². The van der Waals surface area contributed by atoms with E-state index in [-0.39, 0.29) is 0 Å². The number of rotatable bonds is 3. The van der Waals surface area contributed by atoms with Crippen molar-refractivity contribution in [3.8, 4) is 0 Å². The van der Waals surface area contributed by atoms with E-state index in [9.17, 15) is 0 Å². The molecule has 17 heavy (non-hydrogen) atoms. The molecule has 0 amide bonds. The topological polar surface area (TPSA) is 15.3 Å². The minimum absolute atomic E-state index is 0.547. The van der Waals surface area contributed by atoms with Gasteiger partial charge in [-0.2, -0.15) is 0 Å². The van der Waals surface area contributed by atoms with Crippen LogP contribution < -0.4 is 10.2 Å². The lowest BCUT2D eigenvalue weighted by molar-refractivity contribution is 0.852. The summed E-state index contributed by atoms with van der Waals surface area (Å²) in [5, 5.41) is 3.38. The Morgan fingerprint density at radius 1 is 0.941 bits per heavy atom. The van der Waals surface area contributed by atoms with E-state index in [1.165, 1.54) is 33.6 Å². The molecule has 96 valence electrons. The van der Waals surface area contributed by atoms with Gasteiger partial charge in [0.1, 0.15) is 0 Å². The average molecular weight is 234 g/mol. The van der Waals surface area contributed by atoms with Gasteiger partial charge in [-0.3, -0.25) is 0 Å². The molecule has 0 radical (unpaired) electrons. The summed E-state index contributed by atoms with van der Waals surface area (Å²) in [5.41, 5.74) is 8.26. The van der Waals surface area contributed by atoms with E-state index in [0.29, 0.717) is 5.92 Å². The Kier molecular flexibility index (Phi) is 4.07. The zero-order valence-electron chi connectivity index (χ0n) is 12.5. The standard InChI is InChI=1S/C15H26N2/c1-9(2)13-10(3)11(4)15(17(7)8)12(5)14(13)16-6/h9,16H,1-8H3. The Labute approximate surface area is 106 Å². The van der Waals surface area contributed by atoms with Crippen molar-refractivity contribution in [1.82, 2.24) is 0 Å². The van der Waals surface area contributed by atoms with Gasteiger partial charge in [0.05, 0.1) is 0 Å². The normalized spacial score (nSPS) is 10.9. The molecule has 0 aliphatic carbocycles. The van der Waals surface area contributed by atoms with Crippen LogP contribution in [-0.2, 0) is 0 Å². The van der Waals surface area contributed by atoms with Crippen molar-refractivity contribution in [3.05, 3.63) is 22.3 Å². The molecule has 1 rings (SSSR count). The number of nitrogens with zero attached hydrogens (tertiary/aromatic N) is 1. The Morgan fingerprint density at radius 2 is 1.47 bits per heavy atom. The molecule has 0 bridgehead atoms. The molecule has 0 aromatic heterocycles. The van der Waals surface area contributed by atoms with E-state index in [1.807, 2.05) is 7.05 Å². The maximum Gasteiger partial charge on any atom is 0.0444 e. The second kappa shape index (κ2) is 4.99. The molecule has 0 atom stereocenters. The van der Waals surface area contributed by atoms with E-state index in [2.05, 4.69) is 58.9 Å². The molecule has 2 heteroatoms. The van der Waals surface area contributed by atoms with Crippen LogP contribution in [0.2, 0.25) is 0 Å². The zero-order chi connectivity index (χ0) is 13.3. The van der Waals surface area contributed by atoms with Crippen LogP contribution >= 0.6 is 0 Å². The predicted molar refractivity (Wildman–Crippen MR) is 78.6 cm³/mol. The highest BCUT2D eigenvalue weighted by Crippen LogP contribution is 2.39. The Bertz CT molecular complexity index is 418. The third kappa shape index (κ3) is 2.26. The van der Waals surface area contributed by atoms with Crippen LogP contribution in [0.1, 0.15) is 42.0 Å². The molecule has 0 spiro atoms. The third-order valence-electron chi connectivity index (χ3n) is 3.60. The van der Waals surface area contributed by atoms with Crippen molar-refractivity contribution in [3.63, 3.8) is 0 Å². The molecular weight excluding hydrogens is 208 g/mol. The van der Waals surface area contributed by atoms with Gasteiger partial charge in [-0.25, -0.2) is 0 Å². The minimum Gasteiger partial charge on any atom is -0.388 e. The number of hydrogen-bond donors (Lipinski definition) is 1. The predicted octanol–water partition coefficient (Wildman–Crippen LogP) is 3.84. The largest absolute Gasteiger partial charge is 0.388 e. The van der Waals surface area contributed by atoms with Crippen LogP contribution in [0.4, 0.5) is 11.4 Å². The van der Waals surface area contributed by atoms with Gasteiger partial charge in [0.25, 0.3) is 0 Å². The first-order chi connectivity index (χ1) is 7.82. The Hall–Kier alpha value is -1.18. The van der Waals surface area contributed by atoms with Gasteiger partial charge in [0.15, 0.2) is 0 Å². The maximum absolute atomic E-state index is 3.38. The highest BCUT2D eigenvalue weighted by molar-refractivity contribution is 5.75. The summed E-state index contributed by atoms with van der Waals surface area (Å²) < 4.78 is 0. The van der Waals surface area contributed by atoms with Crippen LogP contribution in [-0.4, -0.2) is 21.1 Å². The molecule has 0 fully saturated rings. The lowest BCUT2D eigenvalue weighted by Gasteiger charge is -2.27. The molecule has 0 aliphatic rings. The van der Waals surface area contributed by atoms with Crippen molar-refractivity contribution in [2.24, 2.45) is 0 Å². The van der Waals surface area contributed by atoms with E-state index in [0.717, 1.165) is 0 Å². The minimum atomic E-state index is 0.547. The average Bonchev–Trinajstić information content (AvgIpc) is 2.22. The monoisotopic (exact) mass is 234 g/mol. The zero-order valence-corrected chi connectivity index (χ0v) is 12.5. The first kappa shape index (κ1) is 13.9. The fraction of sp³-hybridized carbons (Fsp3) is 0.600. The smallest absolute Gasteiger partial charge is 0.0444 e. The second-order valence-electron chi connectivity index (χ2n) is 5.31. The van der Waals surface area contributed by atoms with Gasteiger partial charge in [-0.15, -0.1) is 0 Å². The number of hydrogen-bond acceptors (Lipinski definition) is 2. The van der Waals surface area contributed by atoms with Crippen LogP contribution in [0.25, 0.3) is 0 Å². The summed E-state index contributed by atoms with van der Waals surface area (Å²) in [5.74, 6) is 0.547. The Morgan fingerprint density at radius 3 is 1.82 bits per heavy atom. The van der Waals surface area contributed by atoms with Crippen molar-refractivity contribution in [2.45, 2.75) is 40.5 Å². The van der Waals surface area contributed by atoms with Gasteiger partial charge < -0.3 is 10.2 Å². The molecule has 0 heterocycles. The number of anilines is 2. The van der Waals surface area contributed by atoms with Crippen LogP contribution in [0.5, 0.6) is 0 Å². The molecule has 0 aliphatic heterocycles. The summed E-state index contributed by atoms with van der Waals surface area (Å²) in [4.78, 5) is 2.21. The molecule has 1 N–H and O–H groups in total. The first-order valence-electron chi connectivity index (χ1n) is 6.31. The molecule has 2 nitrogen and oxygen atoms in total. The highest BCUT2D eigenvalue weighted by Gasteiger charge is 2.19. The van der Waals surface area contributed by atoms with Crippen molar-refractivity contribution in [2.75, 3.05) is 31.4 Å². The van der Waals surface area contributed by atoms with Gasteiger partial charge in [-0.05, 0) is 48.9 Å². The van der Waals surface area contributed by atoms with Gasteiger partial charge in [-0.1, -0.05) is 13.8 Å². The summed E-state index contributed by atoms with van der Waals surface area (Å²) in [7, 11) is 6.24. The third-order valence-corrected chi connectivity index (χ3v) is 3.60. The van der Waals surface area contributed by atoms with Crippen LogP contribution in [0.15, 0.2) is 0 Å². The SMILES string of the molecule is CNc1c(C)c(N(C)C)c(C)c(C)c1C(C)C. The van der Waals surface area contributed by atoms with E-state index in [4.69, 9.17) is 0 Å². The molecular formula is C15H26N2. The second-order valence-corrected chi connectivity index (χ2v) is 5.31. The molecule has 0 unspecified atom stereocenters. The lowest BCUT2D eigenvalue weighted by atomic mass is 9.88. The van der Waals surface area contributed by atoms with Gasteiger partial charge in [0, 0.05) is 32.5 Å². The van der Waals surface area contributed by atoms with Crippen molar-refractivity contribution >= 4 is 11.4 Å². The summed E-state index contributed by atoms with van der Waals surface area (Å²) in [6, 6.07) is 0. The Balaban J connectivity index is 3.68. The quantitative estimate of drug-likeness (QED) is 0.854. The van der Waals surface area contributed by atoms with Gasteiger partial charge in [0.2, 0.25) is 0 Å². The molecule has 0 saturated carbocycles. The molecule has 0 saturated heterocycles. The fourth-order valence-electron chi connectivity index (χ4n) is 2.88. The maximum atomic E-state index is 3.38. The van der Waals surface area contributed by atoms with Crippen molar-refractivity contribution in [1.29, 1.82) is 0 Å². The van der Waals surface area contributed by atoms with Gasteiger partial charge >= 0.3 is 0 Å². The number of nitrogens with one attached hydrogen (secondary N) is 1. The van der Waals surface area contributed by atoms with E-state index >= 15 is 0 Å².